The maximum atomic E-state index is 11.2. The standard InChI is InChI=1S/C8H5ClN2O3S/c9-15(13,14)7-2-5(4-12)1-6-3-10-11-8(6)7/h1-4H,(H,10,11). The monoisotopic (exact) mass is 244 g/mol. The molecule has 0 fully saturated rings. The van der Waals surface area contributed by atoms with E-state index < -0.39 is 9.05 Å². The summed E-state index contributed by atoms with van der Waals surface area (Å²) in [6.45, 7) is 0. The Balaban J connectivity index is 2.92. The van der Waals surface area contributed by atoms with E-state index in [1.165, 1.54) is 18.3 Å². The average Bonchev–Trinajstić information content (AvgIpc) is 2.61. The van der Waals surface area contributed by atoms with E-state index in [9.17, 15) is 13.2 Å². The molecule has 0 bridgehead atoms. The summed E-state index contributed by atoms with van der Waals surface area (Å²) in [6.07, 6.45) is 1.98. The van der Waals surface area contributed by atoms with Gasteiger partial charge in [0.25, 0.3) is 9.05 Å². The third-order valence-corrected chi connectivity index (χ3v) is 3.28. The minimum Gasteiger partial charge on any atom is -0.298 e. The molecule has 0 atom stereocenters. The Bertz CT molecular complexity index is 632. The molecule has 0 unspecified atom stereocenters. The van der Waals surface area contributed by atoms with Crippen molar-refractivity contribution in [3.05, 3.63) is 23.9 Å². The summed E-state index contributed by atoms with van der Waals surface area (Å²) >= 11 is 0. The first-order valence-electron chi connectivity index (χ1n) is 3.89. The van der Waals surface area contributed by atoms with Gasteiger partial charge in [-0.25, -0.2) is 8.42 Å². The number of nitrogens with zero attached hydrogens (tertiary/aromatic N) is 1. The highest BCUT2D eigenvalue weighted by atomic mass is 35.7. The van der Waals surface area contributed by atoms with Crippen molar-refractivity contribution < 1.29 is 13.2 Å². The van der Waals surface area contributed by atoms with Crippen molar-refractivity contribution in [1.82, 2.24) is 10.2 Å². The highest BCUT2D eigenvalue weighted by Crippen LogP contribution is 2.25. The van der Waals surface area contributed by atoms with Crippen LogP contribution in [0.1, 0.15) is 10.4 Å². The maximum absolute atomic E-state index is 11.2. The van der Waals surface area contributed by atoms with Crippen LogP contribution in [0.2, 0.25) is 0 Å². The molecule has 0 radical (unpaired) electrons. The van der Waals surface area contributed by atoms with E-state index in [1.54, 1.807) is 0 Å². The molecule has 78 valence electrons. The number of aromatic nitrogens is 2. The third kappa shape index (κ3) is 1.73. The van der Waals surface area contributed by atoms with Crippen LogP contribution in [0.25, 0.3) is 10.9 Å². The van der Waals surface area contributed by atoms with E-state index in [0.717, 1.165) is 0 Å². The van der Waals surface area contributed by atoms with Gasteiger partial charge in [-0.2, -0.15) is 5.10 Å². The van der Waals surface area contributed by atoms with Crippen LogP contribution in [-0.2, 0) is 9.05 Å². The lowest BCUT2D eigenvalue weighted by molar-refractivity contribution is 0.112. The summed E-state index contributed by atoms with van der Waals surface area (Å²) in [5, 5.41) is 6.73. The number of aromatic amines is 1. The number of carbonyl (C=O) groups is 1. The predicted octanol–water partition coefficient (Wildman–Crippen LogP) is 1.30. The number of aldehydes is 1. The number of fused-ring (bicyclic) bond motifs is 1. The Labute approximate surface area is 89.5 Å². The van der Waals surface area contributed by atoms with Crippen molar-refractivity contribution in [3.8, 4) is 0 Å². The van der Waals surface area contributed by atoms with Crippen molar-refractivity contribution in [3.63, 3.8) is 0 Å². The van der Waals surface area contributed by atoms with E-state index in [0.29, 0.717) is 17.2 Å². The predicted molar refractivity (Wildman–Crippen MR) is 54.5 cm³/mol. The molecule has 0 saturated carbocycles. The first-order valence-corrected chi connectivity index (χ1v) is 6.20. The molecular formula is C8H5ClN2O3S. The minimum absolute atomic E-state index is 0.138. The summed E-state index contributed by atoms with van der Waals surface area (Å²) in [5.74, 6) is 0. The molecule has 0 spiro atoms. The number of hydrogen-bond donors (Lipinski definition) is 1. The van der Waals surface area contributed by atoms with Crippen LogP contribution in [0, 0.1) is 0 Å². The van der Waals surface area contributed by atoms with Crippen LogP contribution in [-0.4, -0.2) is 24.9 Å². The van der Waals surface area contributed by atoms with Crippen LogP contribution in [0.4, 0.5) is 0 Å². The SMILES string of the molecule is O=Cc1cc(S(=O)(=O)Cl)c2[nH]ncc2c1. The van der Waals surface area contributed by atoms with Crippen molar-refractivity contribution in [2.24, 2.45) is 0 Å². The van der Waals surface area contributed by atoms with Gasteiger partial charge in [-0.05, 0) is 12.1 Å². The molecule has 0 aliphatic rings. The lowest BCUT2D eigenvalue weighted by Crippen LogP contribution is -1.94. The fraction of sp³-hybridized carbons (Fsp3) is 0. The molecule has 1 aromatic carbocycles. The van der Waals surface area contributed by atoms with Gasteiger partial charge < -0.3 is 0 Å². The Morgan fingerprint density at radius 3 is 2.73 bits per heavy atom. The lowest BCUT2D eigenvalue weighted by Gasteiger charge is -1.99. The molecule has 2 aromatic rings. The molecule has 2 rings (SSSR count). The van der Waals surface area contributed by atoms with E-state index >= 15 is 0 Å². The van der Waals surface area contributed by atoms with Crippen LogP contribution in [0.5, 0.6) is 0 Å². The topological polar surface area (TPSA) is 79.9 Å². The molecule has 1 heterocycles. The number of benzene rings is 1. The number of nitrogens with one attached hydrogen (secondary N) is 1. The number of carbonyl (C=O) groups excluding carboxylic acids is 1. The molecule has 1 N–H and O–H groups in total. The summed E-state index contributed by atoms with van der Waals surface area (Å²) in [6, 6.07) is 2.73. The molecule has 5 nitrogen and oxygen atoms in total. The van der Waals surface area contributed by atoms with Gasteiger partial charge in [-0.3, -0.25) is 9.89 Å². The van der Waals surface area contributed by atoms with Crippen molar-refractivity contribution in [2.75, 3.05) is 0 Å². The van der Waals surface area contributed by atoms with Gasteiger partial charge in [0.05, 0.1) is 11.7 Å². The molecular weight excluding hydrogens is 240 g/mol. The van der Waals surface area contributed by atoms with Gasteiger partial charge in [0.2, 0.25) is 0 Å². The quantitative estimate of drug-likeness (QED) is 0.638. The zero-order chi connectivity index (χ0) is 11.1. The van der Waals surface area contributed by atoms with Crippen LogP contribution < -0.4 is 0 Å². The normalized spacial score (nSPS) is 11.8. The first-order chi connectivity index (χ1) is 7.02. The molecule has 15 heavy (non-hydrogen) atoms. The largest absolute Gasteiger partial charge is 0.298 e. The first kappa shape index (κ1) is 10.1. The summed E-state index contributed by atoms with van der Waals surface area (Å²) in [5.41, 5.74) is 0.540. The minimum atomic E-state index is -3.89. The number of hydrogen-bond acceptors (Lipinski definition) is 4. The van der Waals surface area contributed by atoms with E-state index in [2.05, 4.69) is 10.2 Å². The average molecular weight is 245 g/mol. The second-order valence-electron chi connectivity index (χ2n) is 2.91. The van der Waals surface area contributed by atoms with E-state index in [1.807, 2.05) is 0 Å². The summed E-state index contributed by atoms with van der Waals surface area (Å²) in [7, 11) is 1.34. The van der Waals surface area contributed by atoms with Crippen molar-refractivity contribution in [1.29, 1.82) is 0 Å². The number of halogens is 1. The lowest BCUT2D eigenvalue weighted by atomic mass is 10.2. The van der Waals surface area contributed by atoms with E-state index in [-0.39, 0.29) is 10.5 Å². The van der Waals surface area contributed by atoms with Gasteiger partial charge >= 0.3 is 0 Å². The fourth-order valence-corrected chi connectivity index (χ4v) is 2.36. The Morgan fingerprint density at radius 2 is 2.13 bits per heavy atom. The molecule has 0 saturated heterocycles. The molecule has 0 aliphatic carbocycles. The summed E-state index contributed by atoms with van der Waals surface area (Å²) in [4.78, 5) is 10.4. The molecule has 0 amide bonds. The Hall–Kier alpha value is -1.40. The zero-order valence-corrected chi connectivity index (χ0v) is 8.84. The van der Waals surface area contributed by atoms with E-state index in [4.69, 9.17) is 10.7 Å². The zero-order valence-electron chi connectivity index (χ0n) is 7.27. The molecule has 1 aromatic heterocycles. The molecule has 7 heteroatoms. The highest BCUT2D eigenvalue weighted by molar-refractivity contribution is 8.14. The summed E-state index contributed by atoms with van der Waals surface area (Å²) < 4.78 is 22.4. The number of H-pyrrole nitrogens is 1. The van der Waals surface area contributed by atoms with Gasteiger partial charge in [0.15, 0.2) is 0 Å². The van der Waals surface area contributed by atoms with Gasteiger partial charge in [-0.15, -0.1) is 0 Å². The fourth-order valence-electron chi connectivity index (χ4n) is 1.31. The maximum Gasteiger partial charge on any atom is 0.263 e. The second-order valence-corrected chi connectivity index (χ2v) is 5.44. The van der Waals surface area contributed by atoms with Crippen LogP contribution in [0.3, 0.4) is 0 Å². The Kier molecular flexibility index (Phi) is 2.24. The van der Waals surface area contributed by atoms with Gasteiger partial charge in [0.1, 0.15) is 11.2 Å². The third-order valence-electron chi connectivity index (χ3n) is 1.93. The second kappa shape index (κ2) is 3.32. The Morgan fingerprint density at radius 1 is 1.40 bits per heavy atom. The highest BCUT2D eigenvalue weighted by Gasteiger charge is 2.16. The molecule has 0 aliphatic heterocycles. The van der Waals surface area contributed by atoms with Crippen molar-refractivity contribution in [2.45, 2.75) is 4.90 Å². The number of rotatable bonds is 2. The van der Waals surface area contributed by atoms with Crippen LogP contribution in [0.15, 0.2) is 23.2 Å². The van der Waals surface area contributed by atoms with Crippen LogP contribution >= 0.6 is 10.7 Å². The van der Waals surface area contributed by atoms with Gasteiger partial charge in [0, 0.05) is 21.6 Å². The van der Waals surface area contributed by atoms with Crippen molar-refractivity contribution >= 4 is 36.9 Å². The smallest absolute Gasteiger partial charge is 0.263 e. The van der Waals surface area contributed by atoms with Gasteiger partial charge in [-0.1, -0.05) is 0 Å².